The average Bonchev–Trinajstić information content (AvgIpc) is 3.19. The molecule has 0 unspecified atom stereocenters. The van der Waals surface area contributed by atoms with Crippen molar-refractivity contribution in [3.05, 3.63) is 50.6 Å². The highest BCUT2D eigenvalue weighted by Gasteiger charge is 2.17. The molecule has 0 atom stereocenters. The predicted molar refractivity (Wildman–Crippen MR) is 107 cm³/mol. The molecule has 0 radical (unpaired) electrons. The maximum absolute atomic E-state index is 4.47. The van der Waals surface area contributed by atoms with Gasteiger partial charge in [0.1, 0.15) is 0 Å². The topological polar surface area (TPSA) is 30.7 Å². The van der Waals surface area contributed by atoms with Crippen LogP contribution in [-0.4, -0.2) is 14.8 Å². The van der Waals surface area contributed by atoms with E-state index in [0.717, 1.165) is 27.6 Å². The van der Waals surface area contributed by atoms with Crippen molar-refractivity contribution in [3.8, 4) is 11.4 Å². The Morgan fingerprint density at radius 3 is 2.75 bits per heavy atom. The summed E-state index contributed by atoms with van der Waals surface area (Å²) in [5, 5.41) is 12.1. The van der Waals surface area contributed by atoms with Crippen LogP contribution < -0.4 is 0 Å². The van der Waals surface area contributed by atoms with Gasteiger partial charge in [-0.25, -0.2) is 0 Å². The number of halogens is 1. The van der Waals surface area contributed by atoms with Crippen LogP contribution in [0.5, 0.6) is 0 Å². The van der Waals surface area contributed by atoms with E-state index in [1.54, 1.807) is 23.1 Å². The van der Waals surface area contributed by atoms with Gasteiger partial charge in [-0.05, 0) is 44.0 Å². The molecule has 3 nitrogen and oxygen atoms in total. The summed E-state index contributed by atoms with van der Waals surface area (Å²) >= 11 is 7.06. The van der Waals surface area contributed by atoms with Crippen molar-refractivity contribution in [3.63, 3.8) is 0 Å². The first-order chi connectivity index (χ1) is 11.6. The molecule has 0 bridgehead atoms. The minimum atomic E-state index is 0.324. The van der Waals surface area contributed by atoms with Crippen molar-refractivity contribution < 1.29 is 0 Å². The Morgan fingerprint density at radius 2 is 2.08 bits per heavy atom. The van der Waals surface area contributed by atoms with Gasteiger partial charge < -0.3 is 0 Å². The summed E-state index contributed by atoms with van der Waals surface area (Å²) in [6.07, 6.45) is 1.06. The van der Waals surface area contributed by atoms with Crippen LogP contribution in [0.1, 0.15) is 37.3 Å². The quantitative estimate of drug-likeness (QED) is 0.443. The molecule has 126 valence electrons. The van der Waals surface area contributed by atoms with Crippen molar-refractivity contribution in [1.82, 2.24) is 14.8 Å². The first kappa shape index (κ1) is 17.7. The maximum Gasteiger partial charge on any atom is 0.192 e. The van der Waals surface area contributed by atoms with Crippen LogP contribution >= 0.6 is 39.0 Å². The first-order valence-corrected chi connectivity index (χ1v) is 10.6. The number of aryl methyl sites for hydroxylation is 1. The lowest BCUT2D eigenvalue weighted by Gasteiger charge is -2.13. The summed E-state index contributed by atoms with van der Waals surface area (Å²) in [5.41, 5.74) is 2.45. The largest absolute Gasteiger partial charge is 0.299 e. The van der Waals surface area contributed by atoms with Crippen LogP contribution in [0.25, 0.3) is 11.4 Å². The van der Waals surface area contributed by atoms with Gasteiger partial charge in [0.05, 0.1) is 0 Å². The van der Waals surface area contributed by atoms with Gasteiger partial charge >= 0.3 is 0 Å². The monoisotopic (exact) mass is 421 g/mol. The molecule has 1 aromatic carbocycles. The summed E-state index contributed by atoms with van der Waals surface area (Å²) in [6, 6.07) is 11.0. The highest BCUT2D eigenvalue weighted by molar-refractivity contribution is 9.10. The van der Waals surface area contributed by atoms with E-state index >= 15 is 0 Å². The summed E-state index contributed by atoms with van der Waals surface area (Å²) in [6.45, 7) is 6.55. The Balaban J connectivity index is 1.86. The number of benzene rings is 1. The number of hydrogen-bond acceptors (Lipinski definition) is 4. The zero-order valence-electron chi connectivity index (χ0n) is 14.0. The van der Waals surface area contributed by atoms with Gasteiger partial charge in [0.2, 0.25) is 0 Å². The van der Waals surface area contributed by atoms with E-state index < -0.39 is 0 Å². The Bertz CT molecular complexity index is 823. The molecule has 0 fully saturated rings. The summed E-state index contributed by atoms with van der Waals surface area (Å²) in [7, 11) is 0. The maximum atomic E-state index is 4.47. The Kier molecular flexibility index (Phi) is 5.79. The molecule has 3 aromatic rings. The minimum absolute atomic E-state index is 0.324. The Hall–Kier alpha value is -1.11. The molecular formula is C18H20BrN3S2. The molecule has 0 saturated carbocycles. The lowest BCUT2D eigenvalue weighted by atomic mass is 10.2. The summed E-state index contributed by atoms with van der Waals surface area (Å²) in [5.74, 6) is 1.85. The third-order valence-electron chi connectivity index (χ3n) is 3.70. The molecule has 0 aliphatic carbocycles. The molecule has 0 aliphatic rings. The number of rotatable bonds is 6. The first-order valence-electron chi connectivity index (χ1n) is 7.98. The van der Waals surface area contributed by atoms with Crippen LogP contribution in [0, 0.1) is 0 Å². The predicted octanol–water partition coefficient (Wildman–Crippen LogP) is 6.20. The number of hydrogen-bond donors (Lipinski definition) is 0. The van der Waals surface area contributed by atoms with E-state index in [4.69, 9.17) is 0 Å². The van der Waals surface area contributed by atoms with E-state index in [9.17, 15) is 0 Å². The second-order valence-electron chi connectivity index (χ2n) is 5.84. The second-order valence-corrected chi connectivity index (χ2v) is 8.70. The van der Waals surface area contributed by atoms with E-state index in [-0.39, 0.29) is 0 Å². The number of aromatic nitrogens is 3. The molecular weight excluding hydrogens is 402 g/mol. The highest BCUT2D eigenvalue weighted by Crippen LogP contribution is 2.32. The van der Waals surface area contributed by atoms with Crippen molar-refractivity contribution in [1.29, 1.82) is 0 Å². The summed E-state index contributed by atoms with van der Waals surface area (Å²) < 4.78 is 3.35. The molecule has 2 heterocycles. The Labute approximate surface area is 159 Å². The lowest BCUT2D eigenvalue weighted by molar-refractivity contribution is 0.555. The SMILES string of the molecule is CCc1cc(-c2nnc(SCc3cccc(Br)c3)n2C(C)C)cs1. The molecule has 3 rings (SSSR count). The fourth-order valence-electron chi connectivity index (χ4n) is 2.50. The van der Waals surface area contributed by atoms with E-state index in [0.29, 0.717) is 6.04 Å². The fraction of sp³-hybridized carbons (Fsp3) is 0.333. The van der Waals surface area contributed by atoms with E-state index in [2.05, 4.69) is 81.1 Å². The van der Waals surface area contributed by atoms with Crippen molar-refractivity contribution in [2.75, 3.05) is 0 Å². The zero-order valence-corrected chi connectivity index (χ0v) is 17.2. The molecule has 0 saturated heterocycles. The van der Waals surface area contributed by atoms with Gasteiger partial charge in [-0.2, -0.15) is 0 Å². The van der Waals surface area contributed by atoms with E-state index in [1.807, 2.05) is 6.07 Å². The van der Waals surface area contributed by atoms with Crippen LogP contribution in [-0.2, 0) is 12.2 Å². The van der Waals surface area contributed by atoms with Crippen LogP contribution in [0.3, 0.4) is 0 Å². The molecule has 0 N–H and O–H groups in total. The van der Waals surface area contributed by atoms with Gasteiger partial charge in [-0.1, -0.05) is 46.7 Å². The van der Waals surface area contributed by atoms with Crippen molar-refractivity contribution in [2.45, 2.75) is 44.1 Å². The number of thiophene rings is 1. The molecule has 6 heteroatoms. The second kappa shape index (κ2) is 7.85. The number of thioether (sulfide) groups is 1. The Morgan fingerprint density at radius 1 is 1.25 bits per heavy atom. The molecule has 2 aromatic heterocycles. The third kappa shape index (κ3) is 3.92. The summed E-state index contributed by atoms with van der Waals surface area (Å²) in [4.78, 5) is 1.38. The highest BCUT2D eigenvalue weighted by atomic mass is 79.9. The van der Waals surface area contributed by atoms with Gasteiger partial charge in [-0.15, -0.1) is 21.5 Å². The van der Waals surface area contributed by atoms with Crippen molar-refractivity contribution >= 4 is 39.0 Å². The van der Waals surface area contributed by atoms with Crippen molar-refractivity contribution in [2.24, 2.45) is 0 Å². The standard InChI is InChI=1S/C18H20BrN3S2/c1-4-16-9-14(11-23-16)17-20-21-18(22(17)12(2)3)24-10-13-6-5-7-15(19)8-13/h5-9,11-12H,4,10H2,1-3H3. The molecule has 0 spiro atoms. The van der Waals surface area contributed by atoms with Crippen LogP contribution in [0.15, 0.2) is 45.3 Å². The van der Waals surface area contributed by atoms with Crippen LogP contribution in [0.4, 0.5) is 0 Å². The minimum Gasteiger partial charge on any atom is -0.299 e. The number of nitrogens with zero attached hydrogens (tertiary/aromatic N) is 3. The lowest BCUT2D eigenvalue weighted by Crippen LogP contribution is -2.04. The fourth-order valence-corrected chi connectivity index (χ4v) is 4.77. The molecule has 0 aliphatic heterocycles. The van der Waals surface area contributed by atoms with Gasteiger partial charge in [0, 0.05) is 32.1 Å². The third-order valence-corrected chi connectivity index (χ3v) is 6.29. The van der Waals surface area contributed by atoms with Gasteiger partial charge in [0.15, 0.2) is 11.0 Å². The smallest absolute Gasteiger partial charge is 0.192 e. The zero-order chi connectivity index (χ0) is 17.1. The average molecular weight is 422 g/mol. The molecule has 0 amide bonds. The van der Waals surface area contributed by atoms with Gasteiger partial charge in [0.25, 0.3) is 0 Å². The van der Waals surface area contributed by atoms with E-state index in [1.165, 1.54) is 16.0 Å². The van der Waals surface area contributed by atoms with Crippen LogP contribution in [0.2, 0.25) is 0 Å². The van der Waals surface area contributed by atoms with Gasteiger partial charge in [-0.3, -0.25) is 4.57 Å². The molecule has 24 heavy (non-hydrogen) atoms. The normalized spacial score (nSPS) is 11.4.